The standard InChI is InChI=1S/C24H26N2O4/c1-5-26-17(4)21(16(3)22(26)24(28)29-6-2)23(27)25-18-12-14-20(15-13-18)30-19-10-8-7-9-11-19/h7-15H,5-6H2,1-4H3,(H,25,27). The van der Waals surface area contributed by atoms with Gasteiger partial charge in [0.05, 0.1) is 12.2 Å². The van der Waals surface area contributed by atoms with Crippen molar-refractivity contribution in [3.05, 3.63) is 77.1 Å². The van der Waals surface area contributed by atoms with E-state index in [0.717, 1.165) is 11.4 Å². The first-order chi connectivity index (χ1) is 14.5. The summed E-state index contributed by atoms with van der Waals surface area (Å²) in [5, 5.41) is 2.91. The number of amides is 1. The average molecular weight is 406 g/mol. The molecule has 0 aliphatic carbocycles. The van der Waals surface area contributed by atoms with E-state index in [0.29, 0.717) is 34.8 Å². The smallest absolute Gasteiger partial charge is 0.355 e. The topological polar surface area (TPSA) is 69.6 Å². The molecule has 0 radical (unpaired) electrons. The Kier molecular flexibility index (Phi) is 6.57. The third kappa shape index (κ3) is 4.38. The molecule has 2 aromatic carbocycles. The molecule has 1 heterocycles. The van der Waals surface area contributed by atoms with E-state index in [-0.39, 0.29) is 12.5 Å². The van der Waals surface area contributed by atoms with Crippen LogP contribution in [0.25, 0.3) is 0 Å². The molecule has 6 nitrogen and oxygen atoms in total. The second-order valence-electron chi connectivity index (χ2n) is 6.79. The fourth-order valence-electron chi connectivity index (χ4n) is 3.51. The zero-order chi connectivity index (χ0) is 21.7. The quantitative estimate of drug-likeness (QED) is 0.537. The lowest BCUT2D eigenvalue weighted by molar-refractivity contribution is 0.0512. The Balaban J connectivity index is 1.80. The molecule has 0 saturated carbocycles. The molecule has 0 spiro atoms. The minimum absolute atomic E-state index is 0.264. The fraction of sp³-hybridized carbons (Fsp3) is 0.250. The maximum Gasteiger partial charge on any atom is 0.355 e. The average Bonchev–Trinajstić information content (AvgIpc) is 3.00. The normalized spacial score (nSPS) is 10.5. The van der Waals surface area contributed by atoms with Crippen molar-refractivity contribution in [2.75, 3.05) is 11.9 Å². The first-order valence-electron chi connectivity index (χ1n) is 9.97. The summed E-state index contributed by atoms with van der Waals surface area (Å²) in [5.74, 6) is 0.738. The Hall–Kier alpha value is -3.54. The largest absolute Gasteiger partial charge is 0.461 e. The second kappa shape index (κ2) is 9.31. The van der Waals surface area contributed by atoms with E-state index >= 15 is 0 Å². The minimum Gasteiger partial charge on any atom is -0.461 e. The lowest BCUT2D eigenvalue weighted by Gasteiger charge is -2.09. The number of hydrogen-bond acceptors (Lipinski definition) is 4. The molecule has 0 aliphatic heterocycles. The Morgan fingerprint density at radius 3 is 2.17 bits per heavy atom. The number of esters is 1. The zero-order valence-corrected chi connectivity index (χ0v) is 17.7. The van der Waals surface area contributed by atoms with E-state index in [1.807, 2.05) is 48.7 Å². The van der Waals surface area contributed by atoms with Gasteiger partial charge in [-0.05, 0) is 69.7 Å². The number of nitrogens with one attached hydrogen (secondary N) is 1. The van der Waals surface area contributed by atoms with Crippen LogP contribution in [-0.4, -0.2) is 23.1 Å². The van der Waals surface area contributed by atoms with E-state index in [4.69, 9.17) is 9.47 Å². The fourth-order valence-corrected chi connectivity index (χ4v) is 3.51. The number of ether oxygens (including phenoxy) is 2. The van der Waals surface area contributed by atoms with Crippen LogP contribution in [0, 0.1) is 13.8 Å². The molecule has 0 saturated heterocycles. The first kappa shape index (κ1) is 21.2. The summed E-state index contributed by atoms with van der Waals surface area (Å²) in [4.78, 5) is 25.4. The summed E-state index contributed by atoms with van der Waals surface area (Å²) in [5.41, 5.74) is 2.91. The van der Waals surface area contributed by atoms with Gasteiger partial charge < -0.3 is 19.4 Å². The summed E-state index contributed by atoms with van der Waals surface area (Å²) in [6.45, 7) is 8.16. The van der Waals surface area contributed by atoms with Crippen molar-refractivity contribution in [2.45, 2.75) is 34.2 Å². The number of anilines is 1. The molecule has 3 rings (SSSR count). The van der Waals surface area contributed by atoms with Crippen LogP contribution >= 0.6 is 0 Å². The van der Waals surface area contributed by atoms with Crippen molar-refractivity contribution < 1.29 is 19.1 Å². The molecule has 0 bridgehead atoms. The van der Waals surface area contributed by atoms with Crippen LogP contribution in [0.2, 0.25) is 0 Å². The van der Waals surface area contributed by atoms with Gasteiger partial charge in [-0.1, -0.05) is 18.2 Å². The maximum absolute atomic E-state index is 13.0. The lowest BCUT2D eigenvalue weighted by atomic mass is 10.1. The van der Waals surface area contributed by atoms with Crippen LogP contribution in [0.4, 0.5) is 5.69 Å². The molecular weight excluding hydrogens is 380 g/mol. The van der Waals surface area contributed by atoms with Gasteiger partial charge in [0.15, 0.2) is 0 Å². The summed E-state index contributed by atoms with van der Waals surface area (Å²) in [6.07, 6.45) is 0. The number of hydrogen-bond donors (Lipinski definition) is 1. The van der Waals surface area contributed by atoms with Crippen LogP contribution in [0.5, 0.6) is 11.5 Å². The molecule has 0 atom stereocenters. The van der Waals surface area contributed by atoms with Gasteiger partial charge in [0, 0.05) is 17.9 Å². The lowest BCUT2D eigenvalue weighted by Crippen LogP contribution is -2.14. The highest BCUT2D eigenvalue weighted by Gasteiger charge is 2.26. The predicted molar refractivity (Wildman–Crippen MR) is 116 cm³/mol. The van der Waals surface area contributed by atoms with Crippen LogP contribution in [0.3, 0.4) is 0 Å². The van der Waals surface area contributed by atoms with Crippen molar-refractivity contribution in [3.8, 4) is 11.5 Å². The summed E-state index contributed by atoms with van der Waals surface area (Å²) in [7, 11) is 0. The number of rotatable bonds is 7. The number of benzene rings is 2. The molecule has 156 valence electrons. The van der Waals surface area contributed by atoms with Crippen molar-refractivity contribution >= 4 is 17.6 Å². The Morgan fingerprint density at radius 1 is 0.933 bits per heavy atom. The van der Waals surface area contributed by atoms with Crippen molar-refractivity contribution in [1.82, 2.24) is 4.57 Å². The number of carbonyl (C=O) groups excluding carboxylic acids is 2. The number of nitrogens with zero attached hydrogens (tertiary/aromatic N) is 1. The van der Waals surface area contributed by atoms with E-state index < -0.39 is 5.97 Å². The third-order valence-electron chi connectivity index (χ3n) is 4.87. The molecule has 6 heteroatoms. The van der Waals surface area contributed by atoms with E-state index in [1.54, 1.807) is 38.1 Å². The predicted octanol–water partition coefficient (Wildman–Crippen LogP) is 5.35. The number of para-hydroxylation sites is 1. The zero-order valence-electron chi connectivity index (χ0n) is 17.7. The molecule has 1 N–H and O–H groups in total. The Bertz CT molecular complexity index is 1040. The Morgan fingerprint density at radius 2 is 1.57 bits per heavy atom. The van der Waals surface area contributed by atoms with Crippen LogP contribution in [-0.2, 0) is 11.3 Å². The van der Waals surface area contributed by atoms with E-state index in [1.165, 1.54) is 0 Å². The number of aromatic nitrogens is 1. The second-order valence-corrected chi connectivity index (χ2v) is 6.79. The Labute approximate surface area is 176 Å². The molecule has 30 heavy (non-hydrogen) atoms. The van der Waals surface area contributed by atoms with E-state index in [2.05, 4.69) is 5.32 Å². The van der Waals surface area contributed by atoms with Crippen LogP contribution in [0.1, 0.15) is 46.0 Å². The van der Waals surface area contributed by atoms with Crippen molar-refractivity contribution in [3.63, 3.8) is 0 Å². The highest BCUT2D eigenvalue weighted by Crippen LogP contribution is 2.26. The van der Waals surface area contributed by atoms with Gasteiger partial charge in [-0.3, -0.25) is 4.79 Å². The highest BCUT2D eigenvalue weighted by atomic mass is 16.5. The minimum atomic E-state index is -0.415. The van der Waals surface area contributed by atoms with Gasteiger partial charge in [0.25, 0.3) is 5.91 Å². The van der Waals surface area contributed by atoms with Gasteiger partial charge in [0.2, 0.25) is 0 Å². The van der Waals surface area contributed by atoms with Gasteiger partial charge in [-0.25, -0.2) is 4.79 Å². The number of carbonyl (C=O) groups is 2. The van der Waals surface area contributed by atoms with Gasteiger partial charge in [0.1, 0.15) is 17.2 Å². The highest BCUT2D eigenvalue weighted by molar-refractivity contribution is 6.08. The van der Waals surface area contributed by atoms with Crippen molar-refractivity contribution in [2.24, 2.45) is 0 Å². The molecule has 3 aromatic rings. The molecule has 1 amide bonds. The van der Waals surface area contributed by atoms with Gasteiger partial charge in [-0.2, -0.15) is 0 Å². The maximum atomic E-state index is 13.0. The summed E-state index contributed by atoms with van der Waals surface area (Å²) < 4.78 is 12.8. The molecule has 1 aromatic heterocycles. The molecule has 0 aliphatic rings. The SMILES string of the molecule is CCOC(=O)c1c(C)c(C(=O)Nc2ccc(Oc3ccccc3)cc2)c(C)n1CC. The van der Waals surface area contributed by atoms with Crippen molar-refractivity contribution in [1.29, 1.82) is 0 Å². The third-order valence-corrected chi connectivity index (χ3v) is 4.87. The van der Waals surface area contributed by atoms with Gasteiger partial charge >= 0.3 is 5.97 Å². The molecular formula is C24H26N2O4. The monoisotopic (exact) mass is 406 g/mol. The summed E-state index contributed by atoms with van der Waals surface area (Å²) >= 11 is 0. The van der Waals surface area contributed by atoms with Crippen LogP contribution in [0.15, 0.2) is 54.6 Å². The van der Waals surface area contributed by atoms with Gasteiger partial charge in [-0.15, -0.1) is 0 Å². The van der Waals surface area contributed by atoms with E-state index in [9.17, 15) is 9.59 Å². The first-order valence-corrected chi connectivity index (χ1v) is 9.97. The molecule has 0 fully saturated rings. The van der Waals surface area contributed by atoms with Crippen LogP contribution < -0.4 is 10.1 Å². The molecule has 0 unspecified atom stereocenters. The summed E-state index contributed by atoms with van der Waals surface area (Å²) in [6, 6.07) is 16.6.